The second-order valence-corrected chi connectivity index (χ2v) is 5.02. The molecule has 1 fully saturated rings. The maximum absolute atomic E-state index is 12.1. The molecule has 0 radical (unpaired) electrons. The van der Waals surface area contributed by atoms with Crippen LogP contribution in [0.4, 0.5) is 5.00 Å². The van der Waals surface area contributed by atoms with Gasteiger partial charge in [-0.25, -0.2) is 4.79 Å². The van der Waals surface area contributed by atoms with E-state index >= 15 is 0 Å². The summed E-state index contributed by atoms with van der Waals surface area (Å²) in [5, 5.41) is 30.1. The van der Waals surface area contributed by atoms with Gasteiger partial charge in [0.05, 0.1) is 16.6 Å². The summed E-state index contributed by atoms with van der Waals surface area (Å²) < 4.78 is 0. The maximum Gasteiger partial charge on any atom is 0.326 e. The summed E-state index contributed by atoms with van der Waals surface area (Å²) in [6.45, 7) is -0.0839. The first-order valence-electron chi connectivity index (χ1n) is 5.35. The number of carbonyl (C=O) groups excluding carboxylic acids is 1. The van der Waals surface area contributed by atoms with Crippen molar-refractivity contribution in [2.75, 3.05) is 6.54 Å². The molecular weight excluding hydrogens is 276 g/mol. The number of hydrogen-bond donors (Lipinski definition) is 2. The van der Waals surface area contributed by atoms with Crippen LogP contribution in [0.15, 0.2) is 11.4 Å². The van der Waals surface area contributed by atoms with Gasteiger partial charge in [-0.3, -0.25) is 14.9 Å². The highest BCUT2D eigenvalue weighted by atomic mass is 32.1. The molecule has 2 N–H and O–H groups in total. The summed E-state index contributed by atoms with van der Waals surface area (Å²) >= 11 is 0.799. The van der Waals surface area contributed by atoms with Crippen molar-refractivity contribution < 1.29 is 24.7 Å². The van der Waals surface area contributed by atoms with Crippen molar-refractivity contribution in [3.8, 4) is 0 Å². The summed E-state index contributed by atoms with van der Waals surface area (Å²) in [5.41, 5.74) is 0.0667. The van der Waals surface area contributed by atoms with E-state index < -0.39 is 28.9 Å². The zero-order valence-corrected chi connectivity index (χ0v) is 10.4. The SMILES string of the molecule is O=C(O)[C@@H]1CC(O)CN1C(=O)c1csc([N+](=O)[O-])c1. The predicted octanol–water partition coefficient (Wildman–Crippen LogP) is 0.316. The lowest BCUT2D eigenvalue weighted by Crippen LogP contribution is -2.40. The molecule has 1 aliphatic rings. The molecule has 1 saturated heterocycles. The molecule has 2 heterocycles. The first-order chi connectivity index (χ1) is 8.90. The number of hydrogen-bond acceptors (Lipinski definition) is 6. The molecule has 0 bridgehead atoms. The van der Waals surface area contributed by atoms with E-state index in [1.165, 1.54) is 5.38 Å². The Balaban J connectivity index is 2.22. The van der Waals surface area contributed by atoms with E-state index in [9.17, 15) is 24.8 Å². The molecule has 2 atom stereocenters. The molecule has 0 saturated carbocycles. The quantitative estimate of drug-likeness (QED) is 0.609. The largest absolute Gasteiger partial charge is 0.480 e. The van der Waals surface area contributed by atoms with Crippen LogP contribution in [-0.2, 0) is 4.79 Å². The summed E-state index contributed by atoms with van der Waals surface area (Å²) in [7, 11) is 0. The van der Waals surface area contributed by atoms with Crippen LogP contribution in [0.2, 0.25) is 0 Å². The number of carbonyl (C=O) groups is 2. The van der Waals surface area contributed by atoms with Crippen LogP contribution in [0, 0.1) is 10.1 Å². The summed E-state index contributed by atoms with van der Waals surface area (Å²) in [6, 6.07) is 0.0119. The minimum atomic E-state index is -1.20. The highest BCUT2D eigenvalue weighted by Crippen LogP contribution is 2.26. The van der Waals surface area contributed by atoms with E-state index in [1.807, 2.05) is 0 Å². The summed E-state index contributed by atoms with van der Waals surface area (Å²) in [4.78, 5) is 34.0. The first kappa shape index (κ1) is 13.4. The third-order valence-electron chi connectivity index (χ3n) is 2.84. The molecular formula is C10H10N2O6S. The Morgan fingerprint density at radius 1 is 1.53 bits per heavy atom. The van der Waals surface area contributed by atoms with Crippen molar-refractivity contribution in [1.82, 2.24) is 4.90 Å². The Morgan fingerprint density at radius 2 is 2.21 bits per heavy atom. The van der Waals surface area contributed by atoms with Gasteiger partial charge < -0.3 is 15.1 Å². The van der Waals surface area contributed by atoms with Crippen molar-refractivity contribution in [2.45, 2.75) is 18.6 Å². The lowest BCUT2D eigenvalue weighted by Gasteiger charge is -2.20. The van der Waals surface area contributed by atoms with Crippen molar-refractivity contribution in [1.29, 1.82) is 0 Å². The van der Waals surface area contributed by atoms with Crippen LogP contribution < -0.4 is 0 Å². The van der Waals surface area contributed by atoms with E-state index in [2.05, 4.69) is 0 Å². The van der Waals surface area contributed by atoms with Crippen LogP contribution in [0.1, 0.15) is 16.8 Å². The maximum atomic E-state index is 12.1. The number of β-amino-alcohol motifs (C(OH)–C–C–N with tert-alkyl or cyclic N) is 1. The number of nitro groups is 1. The van der Waals surface area contributed by atoms with E-state index in [0.717, 1.165) is 22.3 Å². The fourth-order valence-electron chi connectivity index (χ4n) is 1.97. The smallest absolute Gasteiger partial charge is 0.326 e. The van der Waals surface area contributed by atoms with Gasteiger partial charge in [0.25, 0.3) is 5.91 Å². The molecule has 1 aliphatic heterocycles. The van der Waals surface area contributed by atoms with Crippen LogP contribution in [0.25, 0.3) is 0 Å². The van der Waals surface area contributed by atoms with Gasteiger partial charge in [0.1, 0.15) is 6.04 Å². The van der Waals surface area contributed by atoms with Gasteiger partial charge in [-0.05, 0) is 0 Å². The number of carboxylic acids is 1. The number of aliphatic hydroxyl groups is 1. The second kappa shape index (κ2) is 4.94. The number of nitrogens with zero attached hydrogens (tertiary/aromatic N) is 2. The predicted molar refractivity (Wildman–Crippen MR) is 64.1 cm³/mol. The second-order valence-electron chi connectivity index (χ2n) is 4.13. The molecule has 2 rings (SSSR count). The van der Waals surface area contributed by atoms with E-state index in [4.69, 9.17) is 5.11 Å². The molecule has 1 aromatic rings. The van der Waals surface area contributed by atoms with Crippen LogP contribution in [-0.4, -0.2) is 50.6 Å². The van der Waals surface area contributed by atoms with Gasteiger partial charge in [-0.2, -0.15) is 0 Å². The van der Waals surface area contributed by atoms with Gasteiger partial charge in [-0.15, -0.1) is 0 Å². The van der Waals surface area contributed by atoms with Gasteiger partial charge in [0, 0.05) is 24.4 Å². The van der Waals surface area contributed by atoms with E-state index in [1.54, 1.807) is 0 Å². The minimum absolute atomic E-state index is 0.0344. The van der Waals surface area contributed by atoms with Crippen molar-refractivity contribution in [3.63, 3.8) is 0 Å². The number of aliphatic carboxylic acids is 1. The fourth-order valence-corrected chi connectivity index (χ4v) is 2.67. The number of amides is 1. The van der Waals surface area contributed by atoms with Crippen molar-refractivity contribution in [3.05, 3.63) is 27.1 Å². The third-order valence-corrected chi connectivity index (χ3v) is 3.72. The molecule has 102 valence electrons. The lowest BCUT2D eigenvalue weighted by molar-refractivity contribution is -0.380. The molecule has 0 aliphatic carbocycles. The topological polar surface area (TPSA) is 121 Å². The average molecular weight is 286 g/mol. The highest BCUT2D eigenvalue weighted by molar-refractivity contribution is 7.13. The first-order valence-corrected chi connectivity index (χ1v) is 6.23. The standard InChI is InChI=1S/C10H10N2O6S/c13-6-2-7(10(15)16)11(3-6)9(14)5-1-8(12(17)18)19-4-5/h1,4,6-7,13H,2-3H2,(H,15,16)/t6?,7-/m0/s1. The molecule has 9 heteroatoms. The Morgan fingerprint density at radius 3 is 2.74 bits per heavy atom. The molecule has 19 heavy (non-hydrogen) atoms. The number of rotatable bonds is 3. The number of likely N-dealkylation sites (tertiary alicyclic amines) is 1. The molecule has 1 aromatic heterocycles. The van der Waals surface area contributed by atoms with Gasteiger partial charge in [-0.1, -0.05) is 11.3 Å². The molecule has 1 amide bonds. The number of carboxylic acid groups (broad SMARTS) is 1. The Labute approximate surface area is 111 Å². The molecule has 0 aromatic carbocycles. The van der Waals surface area contributed by atoms with E-state index in [-0.39, 0.29) is 23.5 Å². The van der Waals surface area contributed by atoms with Crippen molar-refractivity contribution >= 4 is 28.2 Å². The zero-order chi connectivity index (χ0) is 14.2. The van der Waals surface area contributed by atoms with Crippen LogP contribution in [0.3, 0.4) is 0 Å². The molecule has 8 nitrogen and oxygen atoms in total. The average Bonchev–Trinajstić information content (AvgIpc) is 2.94. The van der Waals surface area contributed by atoms with Crippen LogP contribution in [0.5, 0.6) is 0 Å². The fraction of sp³-hybridized carbons (Fsp3) is 0.400. The monoisotopic (exact) mass is 286 g/mol. The third kappa shape index (κ3) is 2.56. The number of aliphatic hydroxyl groups excluding tert-OH is 1. The van der Waals surface area contributed by atoms with Gasteiger partial charge in [0.2, 0.25) is 0 Å². The summed E-state index contributed by atoms with van der Waals surface area (Å²) in [6.07, 6.45) is -0.925. The van der Waals surface area contributed by atoms with Gasteiger partial charge >= 0.3 is 11.0 Å². The van der Waals surface area contributed by atoms with Crippen LogP contribution >= 0.6 is 11.3 Å². The Bertz CT molecular complexity index is 542. The lowest BCUT2D eigenvalue weighted by atomic mass is 10.2. The number of thiophene rings is 1. The Kier molecular flexibility index (Phi) is 3.49. The summed E-state index contributed by atoms with van der Waals surface area (Å²) in [5.74, 6) is -1.82. The zero-order valence-electron chi connectivity index (χ0n) is 9.55. The Hall–Kier alpha value is -2.00. The normalized spacial score (nSPS) is 22.5. The molecule has 1 unspecified atom stereocenters. The molecule has 0 spiro atoms. The van der Waals surface area contributed by atoms with Crippen molar-refractivity contribution in [2.24, 2.45) is 0 Å². The highest BCUT2D eigenvalue weighted by Gasteiger charge is 2.39. The minimum Gasteiger partial charge on any atom is -0.480 e. The van der Waals surface area contributed by atoms with E-state index in [0.29, 0.717) is 0 Å². The van der Waals surface area contributed by atoms with Gasteiger partial charge in [0.15, 0.2) is 0 Å².